The fourth-order valence-electron chi connectivity index (χ4n) is 1.04. The molecule has 1 rings (SSSR count). The largest absolute Gasteiger partial charge is 1.00 e. The van der Waals surface area contributed by atoms with Gasteiger partial charge in [-0.3, -0.25) is 4.79 Å². The zero-order chi connectivity index (χ0) is 6.69. The van der Waals surface area contributed by atoms with Gasteiger partial charge in [0.15, 0.2) is 5.78 Å². The molecule has 2 nitrogen and oxygen atoms in total. The maximum Gasteiger partial charge on any atom is 1.00 e. The van der Waals surface area contributed by atoms with E-state index in [0.717, 1.165) is 25.5 Å². The molecule has 1 aliphatic rings. The van der Waals surface area contributed by atoms with Gasteiger partial charge in [-0.1, -0.05) is 0 Å². The number of allylic oxidation sites excluding steroid dienone is 1. The SMILES string of the molecule is O=C1CCCCC1=CO.[H-].[Na+]. The molecule has 3 heteroatoms. The second-order valence-electron chi connectivity index (χ2n) is 2.28. The molecule has 1 fully saturated rings. The molecule has 1 aliphatic carbocycles. The number of Topliss-reactive ketones (excluding diaryl/α,β-unsaturated/α-hetero) is 1. The van der Waals surface area contributed by atoms with Crippen molar-refractivity contribution >= 4 is 5.78 Å². The van der Waals surface area contributed by atoms with Crippen LogP contribution in [0.3, 0.4) is 0 Å². The van der Waals surface area contributed by atoms with E-state index < -0.39 is 0 Å². The number of hydrogen-bond acceptors (Lipinski definition) is 2. The molecule has 52 valence electrons. The third-order valence-electron chi connectivity index (χ3n) is 1.61. The van der Waals surface area contributed by atoms with Gasteiger partial charge >= 0.3 is 29.6 Å². The Labute approximate surface area is 84.1 Å². The third-order valence-corrected chi connectivity index (χ3v) is 1.61. The topological polar surface area (TPSA) is 37.3 Å². The minimum atomic E-state index is 0. The molecule has 0 amide bonds. The maximum absolute atomic E-state index is 10.8. The number of aliphatic hydroxyl groups excluding tert-OH is 1. The van der Waals surface area contributed by atoms with Crippen molar-refractivity contribution in [2.45, 2.75) is 25.7 Å². The summed E-state index contributed by atoms with van der Waals surface area (Å²) in [6.45, 7) is 0. The van der Waals surface area contributed by atoms with Gasteiger partial charge in [0.2, 0.25) is 0 Å². The van der Waals surface area contributed by atoms with Crippen molar-refractivity contribution in [1.82, 2.24) is 0 Å². The predicted molar refractivity (Wildman–Crippen MR) is 35.3 cm³/mol. The van der Waals surface area contributed by atoms with Gasteiger partial charge in [-0.25, -0.2) is 0 Å². The Morgan fingerprint density at radius 1 is 1.40 bits per heavy atom. The van der Waals surface area contributed by atoms with E-state index >= 15 is 0 Å². The van der Waals surface area contributed by atoms with Gasteiger partial charge in [0.1, 0.15) is 0 Å². The molecule has 0 unspecified atom stereocenters. The first-order valence-electron chi connectivity index (χ1n) is 3.21. The first-order chi connectivity index (χ1) is 4.34. The molecule has 1 saturated carbocycles. The summed E-state index contributed by atoms with van der Waals surface area (Å²) in [5, 5.41) is 8.48. The van der Waals surface area contributed by atoms with Crippen LogP contribution >= 0.6 is 0 Å². The van der Waals surface area contributed by atoms with Crippen LogP contribution in [0.4, 0.5) is 0 Å². The van der Waals surface area contributed by atoms with Crippen molar-refractivity contribution in [1.29, 1.82) is 0 Å². The molecule has 0 saturated heterocycles. The number of hydrogen-bond donors (Lipinski definition) is 1. The Kier molecular flexibility index (Phi) is 5.04. The first-order valence-corrected chi connectivity index (χ1v) is 3.21. The number of rotatable bonds is 0. The molecule has 0 aliphatic heterocycles. The van der Waals surface area contributed by atoms with Crippen molar-refractivity contribution in [3.05, 3.63) is 11.8 Å². The molecular formula is C7H11NaO2. The Morgan fingerprint density at radius 3 is 2.40 bits per heavy atom. The van der Waals surface area contributed by atoms with Crippen molar-refractivity contribution in [2.24, 2.45) is 0 Å². The van der Waals surface area contributed by atoms with E-state index in [1.807, 2.05) is 0 Å². The van der Waals surface area contributed by atoms with E-state index in [2.05, 4.69) is 0 Å². The summed E-state index contributed by atoms with van der Waals surface area (Å²) >= 11 is 0. The Balaban J connectivity index is 0. The Bertz CT molecular complexity index is 157. The van der Waals surface area contributed by atoms with Crippen molar-refractivity contribution in [3.63, 3.8) is 0 Å². The normalized spacial score (nSPS) is 22.4. The fourth-order valence-corrected chi connectivity index (χ4v) is 1.04. The molecule has 0 atom stereocenters. The summed E-state index contributed by atoms with van der Waals surface area (Å²) in [4.78, 5) is 10.8. The van der Waals surface area contributed by atoms with Crippen LogP contribution in [0, 0.1) is 0 Å². The van der Waals surface area contributed by atoms with Gasteiger partial charge < -0.3 is 6.53 Å². The Morgan fingerprint density at radius 2 is 2.00 bits per heavy atom. The quantitative estimate of drug-likeness (QED) is 0.264. The van der Waals surface area contributed by atoms with Crippen molar-refractivity contribution in [2.75, 3.05) is 0 Å². The van der Waals surface area contributed by atoms with Crippen LogP contribution in [0.5, 0.6) is 0 Å². The molecule has 0 spiro atoms. The van der Waals surface area contributed by atoms with Crippen LogP contribution < -0.4 is 29.6 Å². The van der Waals surface area contributed by atoms with Gasteiger partial charge in [0.05, 0.1) is 6.26 Å². The van der Waals surface area contributed by atoms with Gasteiger partial charge in [0, 0.05) is 12.0 Å². The summed E-state index contributed by atoms with van der Waals surface area (Å²) in [6, 6.07) is 0. The van der Waals surface area contributed by atoms with Crippen LogP contribution in [-0.2, 0) is 4.79 Å². The van der Waals surface area contributed by atoms with Crippen molar-refractivity contribution < 1.29 is 40.9 Å². The predicted octanol–water partition coefficient (Wildman–Crippen LogP) is -1.31. The smallest absolute Gasteiger partial charge is 1.00 e. The number of aliphatic hydroxyl groups is 1. The summed E-state index contributed by atoms with van der Waals surface area (Å²) in [5.41, 5.74) is 0.598. The summed E-state index contributed by atoms with van der Waals surface area (Å²) in [6.07, 6.45) is 4.34. The molecule has 0 radical (unpaired) electrons. The molecule has 0 heterocycles. The molecule has 0 aromatic carbocycles. The zero-order valence-electron chi connectivity index (χ0n) is 7.26. The van der Waals surface area contributed by atoms with E-state index in [-0.39, 0.29) is 36.8 Å². The average molecular weight is 150 g/mol. The minimum Gasteiger partial charge on any atom is -1.00 e. The van der Waals surface area contributed by atoms with E-state index in [1.54, 1.807) is 0 Å². The number of ketones is 1. The van der Waals surface area contributed by atoms with Gasteiger partial charge in [-0.2, -0.15) is 0 Å². The standard InChI is InChI=1S/C7H10O2.Na.H/c8-5-6-3-1-2-4-7(6)9;;/h5,8H,1-4H2;;/q;+1;-1. The molecular weight excluding hydrogens is 139 g/mol. The average Bonchev–Trinajstić information content (AvgIpc) is 1.89. The monoisotopic (exact) mass is 150 g/mol. The van der Waals surface area contributed by atoms with Crippen molar-refractivity contribution in [3.8, 4) is 0 Å². The van der Waals surface area contributed by atoms with Gasteiger partial charge in [0.25, 0.3) is 0 Å². The zero-order valence-corrected chi connectivity index (χ0v) is 8.26. The van der Waals surface area contributed by atoms with E-state index in [0.29, 0.717) is 12.0 Å². The van der Waals surface area contributed by atoms with Crippen LogP contribution in [0.15, 0.2) is 11.8 Å². The van der Waals surface area contributed by atoms with Crippen LogP contribution in [0.1, 0.15) is 27.1 Å². The molecule has 0 aromatic rings. The van der Waals surface area contributed by atoms with Crippen LogP contribution in [0.2, 0.25) is 0 Å². The van der Waals surface area contributed by atoms with Gasteiger partial charge in [-0.15, -0.1) is 0 Å². The van der Waals surface area contributed by atoms with Crippen LogP contribution in [-0.4, -0.2) is 10.9 Å². The molecule has 0 aromatic heterocycles. The Hall–Kier alpha value is 0.210. The third kappa shape index (κ3) is 2.45. The fraction of sp³-hybridized carbons (Fsp3) is 0.571. The first kappa shape index (κ1) is 10.2. The summed E-state index contributed by atoms with van der Waals surface area (Å²) < 4.78 is 0. The second kappa shape index (κ2) is 4.94. The van der Waals surface area contributed by atoms with Gasteiger partial charge in [-0.05, 0) is 19.3 Å². The number of carbonyl (C=O) groups excluding carboxylic acids is 1. The summed E-state index contributed by atoms with van der Waals surface area (Å²) in [7, 11) is 0. The van der Waals surface area contributed by atoms with E-state index in [4.69, 9.17) is 5.11 Å². The maximum atomic E-state index is 10.8. The van der Waals surface area contributed by atoms with E-state index in [9.17, 15) is 4.79 Å². The number of carbonyl (C=O) groups is 1. The van der Waals surface area contributed by atoms with E-state index in [1.165, 1.54) is 0 Å². The minimum absolute atomic E-state index is 0. The summed E-state index contributed by atoms with van der Waals surface area (Å²) in [5.74, 6) is 0.115. The molecule has 10 heavy (non-hydrogen) atoms. The van der Waals surface area contributed by atoms with Crippen LogP contribution in [0.25, 0.3) is 0 Å². The molecule has 1 N–H and O–H groups in total. The molecule has 0 bridgehead atoms. The second-order valence-corrected chi connectivity index (χ2v) is 2.28.